The van der Waals surface area contributed by atoms with Crippen molar-refractivity contribution in [3.05, 3.63) is 47.4 Å². The standard InChI is InChI=1S/C20H21F/c1-5-8-18(19-14-17(21)13-15(19)4)16-9-11-20(6-2,7-3)12-10-16/h2-3,5,8,14,16H,1,9-13H2,4H3/b18-8-. The summed E-state index contributed by atoms with van der Waals surface area (Å²) in [5, 5.41) is 0. The Balaban J connectivity index is 2.23. The first kappa shape index (κ1) is 15.4. The van der Waals surface area contributed by atoms with Crippen LogP contribution in [0.5, 0.6) is 0 Å². The van der Waals surface area contributed by atoms with Crippen molar-refractivity contribution in [3.8, 4) is 24.7 Å². The molecule has 1 saturated carbocycles. The van der Waals surface area contributed by atoms with Crippen LogP contribution in [0.1, 0.15) is 39.0 Å². The van der Waals surface area contributed by atoms with E-state index in [1.165, 1.54) is 5.57 Å². The molecule has 0 aliphatic heterocycles. The first-order valence-corrected chi connectivity index (χ1v) is 7.39. The summed E-state index contributed by atoms with van der Waals surface area (Å²) in [7, 11) is 0. The Bertz CT molecular complexity index is 589. The van der Waals surface area contributed by atoms with E-state index in [0.717, 1.165) is 36.8 Å². The fourth-order valence-electron chi connectivity index (χ4n) is 3.33. The van der Waals surface area contributed by atoms with Crippen LogP contribution >= 0.6 is 0 Å². The van der Waals surface area contributed by atoms with Gasteiger partial charge in [0.25, 0.3) is 0 Å². The van der Waals surface area contributed by atoms with Gasteiger partial charge < -0.3 is 0 Å². The Hall–Kier alpha value is -1.99. The maximum atomic E-state index is 13.5. The van der Waals surface area contributed by atoms with Crippen LogP contribution in [0.2, 0.25) is 0 Å². The lowest BCUT2D eigenvalue weighted by Crippen LogP contribution is -2.25. The number of halogens is 1. The van der Waals surface area contributed by atoms with Gasteiger partial charge in [0.05, 0.1) is 5.41 Å². The molecule has 2 rings (SSSR count). The van der Waals surface area contributed by atoms with E-state index < -0.39 is 5.41 Å². The highest BCUT2D eigenvalue weighted by molar-refractivity contribution is 5.51. The first-order valence-electron chi connectivity index (χ1n) is 7.39. The number of terminal acetylenes is 2. The average molecular weight is 280 g/mol. The second kappa shape index (κ2) is 6.19. The van der Waals surface area contributed by atoms with E-state index in [0.29, 0.717) is 12.3 Å². The van der Waals surface area contributed by atoms with Crippen LogP contribution in [-0.4, -0.2) is 0 Å². The zero-order valence-electron chi connectivity index (χ0n) is 12.6. The van der Waals surface area contributed by atoms with Gasteiger partial charge >= 0.3 is 0 Å². The molecule has 0 unspecified atom stereocenters. The summed E-state index contributed by atoms with van der Waals surface area (Å²) in [6.45, 7) is 5.79. The predicted octanol–water partition coefficient (Wildman–Crippen LogP) is 5.12. The van der Waals surface area contributed by atoms with Crippen molar-refractivity contribution in [2.45, 2.75) is 39.0 Å². The minimum atomic E-state index is -0.393. The van der Waals surface area contributed by atoms with Crippen molar-refractivity contribution in [2.24, 2.45) is 11.3 Å². The van der Waals surface area contributed by atoms with Crippen molar-refractivity contribution < 1.29 is 4.39 Å². The van der Waals surface area contributed by atoms with E-state index >= 15 is 0 Å². The van der Waals surface area contributed by atoms with E-state index in [-0.39, 0.29) is 5.83 Å². The van der Waals surface area contributed by atoms with Crippen molar-refractivity contribution in [3.63, 3.8) is 0 Å². The second-order valence-corrected chi connectivity index (χ2v) is 5.96. The molecule has 0 aromatic carbocycles. The van der Waals surface area contributed by atoms with Crippen molar-refractivity contribution in [1.29, 1.82) is 0 Å². The quantitative estimate of drug-likeness (QED) is 0.497. The third-order valence-electron chi connectivity index (χ3n) is 4.63. The Labute approximate surface area is 127 Å². The summed E-state index contributed by atoms with van der Waals surface area (Å²) in [4.78, 5) is 0. The maximum Gasteiger partial charge on any atom is 0.105 e. The van der Waals surface area contributed by atoms with Crippen LogP contribution in [0.15, 0.2) is 47.4 Å². The van der Waals surface area contributed by atoms with E-state index in [1.807, 2.05) is 13.0 Å². The molecule has 108 valence electrons. The highest BCUT2D eigenvalue weighted by Crippen LogP contribution is 2.44. The predicted molar refractivity (Wildman–Crippen MR) is 86.8 cm³/mol. The smallest absolute Gasteiger partial charge is 0.105 e. The molecule has 2 aliphatic rings. The molecular formula is C20H21F. The Morgan fingerprint density at radius 3 is 2.43 bits per heavy atom. The Kier molecular flexibility index (Phi) is 4.54. The molecule has 0 spiro atoms. The molecule has 2 aliphatic carbocycles. The zero-order chi connectivity index (χ0) is 15.5. The van der Waals surface area contributed by atoms with Gasteiger partial charge in [-0.25, -0.2) is 4.39 Å². The summed E-state index contributed by atoms with van der Waals surface area (Å²) < 4.78 is 13.5. The van der Waals surface area contributed by atoms with Gasteiger partial charge in [-0.15, -0.1) is 12.8 Å². The SMILES string of the molecule is C#CC1(C#C)CCC(/C(=C/C=C)C2=C(C)CC(F)=C2)CC1. The zero-order valence-corrected chi connectivity index (χ0v) is 12.6. The molecule has 0 heterocycles. The van der Waals surface area contributed by atoms with Gasteiger partial charge in [0.2, 0.25) is 0 Å². The first-order chi connectivity index (χ1) is 10.0. The van der Waals surface area contributed by atoms with Crippen LogP contribution in [0, 0.1) is 36.0 Å². The van der Waals surface area contributed by atoms with Crippen LogP contribution in [0.25, 0.3) is 0 Å². The molecule has 1 fully saturated rings. The highest BCUT2D eigenvalue weighted by Gasteiger charge is 2.34. The van der Waals surface area contributed by atoms with E-state index in [2.05, 4.69) is 18.4 Å². The third-order valence-corrected chi connectivity index (χ3v) is 4.63. The molecule has 0 aromatic rings. The van der Waals surface area contributed by atoms with Crippen LogP contribution in [0.3, 0.4) is 0 Å². The third kappa shape index (κ3) is 3.03. The van der Waals surface area contributed by atoms with Gasteiger partial charge in [-0.1, -0.05) is 36.1 Å². The molecule has 1 heteroatoms. The number of hydrogen-bond donors (Lipinski definition) is 0. The fraction of sp³-hybridized carbons (Fsp3) is 0.400. The van der Waals surface area contributed by atoms with Gasteiger partial charge in [0, 0.05) is 6.42 Å². The number of rotatable bonds is 3. The molecule has 0 amide bonds. The minimum Gasteiger partial charge on any atom is -0.211 e. The lowest BCUT2D eigenvalue weighted by molar-refractivity contribution is 0.296. The van der Waals surface area contributed by atoms with E-state index in [1.54, 1.807) is 12.2 Å². The topological polar surface area (TPSA) is 0 Å². The molecular weight excluding hydrogens is 259 g/mol. The van der Waals surface area contributed by atoms with Crippen LogP contribution in [-0.2, 0) is 0 Å². The summed E-state index contributed by atoms with van der Waals surface area (Å²) in [5.41, 5.74) is 2.91. The van der Waals surface area contributed by atoms with Crippen molar-refractivity contribution in [1.82, 2.24) is 0 Å². The van der Waals surface area contributed by atoms with Crippen molar-refractivity contribution >= 4 is 0 Å². The number of hydrogen-bond acceptors (Lipinski definition) is 0. The average Bonchev–Trinajstić information content (AvgIpc) is 2.83. The molecule has 0 saturated heterocycles. The molecule has 0 N–H and O–H groups in total. The van der Waals surface area contributed by atoms with Crippen LogP contribution in [0.4, 0.5) is 4.39 Å². The summed E-state index contributed by atoms with van der Waals surface area (Å²) in [6.07, 6.45) is 20.6. The summed E-state index contributed by atoms with van der Waals surface area (Å²) >= 11 is 0. The molecule has 21 heavy (non-hydrogen) atoms. The molecule has 0 aromatic heterocycles. The van der Waals surface area contributed by atoms with E-state index in [4.69, 9.17) is 12.8 Å². The van der Waals surface area contributed by atoms with Crippen molar-refractivity contribution in [2.75, 3.05) is 0 Å². The summed E-state index contributed by atoms with van der Waals surface area (Å²) in [6, 6.07) is 0. The monoisotopic (exact) mass is 280 g/mol. The van der Waals surface area contributed by atoms with Gasteiger partial charge in [-0.05, 0) is 55.7 Å². The second-order valence-electron chi connectivity index (χ2n) is 5.96. The molecule has 0 bridgehead atoms. The summed E-state index contributed by atoms with van der Waals surface area (Å²) in [5.74, 6) is 5.89. The Morgan fingerprint density at radius 1 is 1.38 bits per heavy atom. The van der Waals surface area contributed by atoms with Crippen LogP contribution < -0.4 is 0 Å². The molecule has 0 radical (unpaired) electrons. The molecule has 0 nitrogen and oxygen atoms in total. The van der Waals surface area contributed by atoms with Gasteiger partial charge in [0.15, 0.2) is 0 Å². The lowest BCUT2D eigenvalue weighted by Gasteiger charge is -2.34. The van der Waals surface area contributed by atoms with E-state index in [9.17, 15) is 4.39 Å². The lowest BCUT2D eigenvalue weighted by atomic mass is 9.68. The molecule has 0 atom stereocenters. The van der Waals surface area contributed by atoms with Gasteiger partial charge in [0.1, 0.15) is 5.83 Å². The largest absolute Gasteiger partial charge is 0.211 e. The number of allylic oxidation sites excluding steroid dienone is 7. The minimum absolute atomic E-state index is 0.0603. The Morgan fingerprint density at radius 2 is 2.00 bits per heavy atom. The normalized spacial score (nSPS) is 22.5. The fourth-order valence-corrected chi connectivity index (χ4v) is 3.33. The maximum absolute atomic E-state index is 13.5. The van der Waals surface area contributed by atoms with Gasteiger partial charge in [-0.3, -0.25) is 0 Å². The highest BCUT2D eigenvalue weighted by atomic mass is 19.1. The van der Waals surface area contributed by atoms with Gasteiger partial charge in [-0.2, -0.15) is 0 Å².